The third-order valence-electron chi connectivity index (χ3n) is 4.88. The van der Waals surface area contributed by atoms with Crippen LogP contribution in [0.15, 0.2) is 67.1 Å². The van der Waals surface area contributed by atoms with Crippen LogP contribution in [-0.2, 0) is 0 Å². The maximum atomic E-state index is 12.6. The molecule has 1 N–H and O–H groups in total. The number of anilines is 3. The van der Waals surface area contributed by atoms with Gasteiger partial charge in [-0.25, -0.2) is 4.98 Å². The van der Waals surface area contributed by atoms with Gasteiger partial charge in [-0.2, -0.15) is 5.26 Å². The van der Waals surface area contributed by atoms with Crippen molar-refractivity contribution in [2.75, 3.05) is 41.3 Å². The monoisotopic (exact) mass is 384 g/mol. The van der Waals surface area contributed by atoms with Crippen LogP contribution in [0.5, 0.6) is 0 Å². The summed E-state index contributed by atoms with van der Waals surface area (Å²) in [5.41, 5.74) is 2.62. The minimum absolute atomic E-state index is 0.226. The number of benzene rings is 1. The number of amides is 1. The molecule has 1 aliphatic rings. The fourth-order valence-electron chi connectivity index (χ4n) is 3.29. The van der Waals surface area contributed by atoms with E-state index in [9.17, 15) is 4.79 Å². The number of pyridine rings is 2. The van der Waals surface area contributed by atoms with Crippen molar-refractivity contribution < 1.29 is 4.79 Å². The zero-order valence-corrected chi connectivity index (χ0v) is 15.8. The average Bonchev–Trinajstić information content (AvgIpc) is 2.80. The fraction of sp³-hybridized carbons (Fsp3) is 0.182. The van der Waals surface area contributed by atoms with E-state index in [1.54, 1.807) is 36.7 Å². The van der Waals surface area contributed by atoms with Gasteiger partial charge in [0.05, 0.1) is 29.1 Å². The first-order valence-electron chi connectivity index (χ1n) is 9.40. The molecule has 0 atom stereocenters. The van der Waals surface area contributed by atoms with Crippen molar-refractivity contribution in [2.24, 2.45) is 0 Å². The molecule has 0 unspecified atom stereocenters. The van der Waals surface area contributed by atoms with Crippen molar-refractivity contribution in [2.45, 2.75) is 0 Å². The van der Waals surface area contributed by atoms with Crippen LogP contribution in [0.3, 0.4) is 0 Å². The Labute approximate surface area is 169 Å². The first-order valence-corrected chi connectivity index (χ1v) is 9.40. The molecule has 2 aromatic heterocycles. The summed E-state index contributed by atoms with van der Waals surface area (Å²) in [4.78, 5) is 25.7. The summed E-state index contributed by atoms with van der Waals surface area (Å²) in [5, 5.41) is 11.7. The van der Waals surface area contributed by atoms with Gasteiger partial charge in [0, 0.05) is 44.3 Å². The molecular weight excluding hydrogens is 364 g/mol. The van der Waals surface area contributed by atoms with Crippen LogP contribution >= 0.6 is 0 Å². The summed E-state index contributed by atoms with van der Waals surface area (Å²) >= 11 is 0. The highest BCUT2D eigenvalue weighted by Crippen LogP contribution is 2.20. The highest BCUT2D eigenvalue weighted by molar-refractivity contribution is 6.04. The molecule has 3 heterocycles. The van der Waals surface area contributed by atoms with E-state index in [-0.39, 0.29) is 5.91 Å². The minimum atomic E-state index is -0.226. The molecule has 1 amide bonds. The number of carbonyl (C=O) groups excluding carboxylic acids is 1. The maximum absolute atomic E-state index is 12.6. The summed E-state index contributed by atoms with van der Waals surface area (Å²) < 4.78 is 0. The van der Waals surface area contributed by atoms with Crippen molar-refractivity contribution in [3.8, 4) is 6.07 Å². The van der Waals surface area contributed by atoms with E-state index >= 15 is 0 Å². The summed E-state index contributed by atoms with van der Waals surface area (Å²) in [6.07, 6.45) is 5.16. The molecule has 1 aliphatic heterocycles. The molecule has 0 bridgehead atoms. The fourth-order valence-corrected chi connectivity index (χ4v) is 3.29. The van der Waals surface area contributed by atoms with Crippen molar-refractivity contribution in [3.05, 3.63) is 78.2 Å². The van der Waals surface area contributed by atoms with Gasteiger partial charge in [0.1, 0.15) is 5.82 Å². The Balaban J connectivity index is 1.41. The van der Waals surface area contributed by atoms with Crippen molar-refractivity contribution >= 4 is 23.1 Å². The number of nitrogens with zero attached hydrogens (tertiary/aromatic N) is 5. The Bertz CT molecular complexity index is 1020. The molecule has 144 valence electrons. The number of aromatic nitrogens is 2. The van der Waals surface area contributed by atoms with E-state index in [1.807, 2.05) is 30.5 Å². The van der Waals surface area contributed by atoms with Gasteiger partial charge >= 0.3 is 0 Å². The Morgan fingerprint density at radius 3 is 2.45 bits per heavy atom. The van der Waals surface area contributed by atoms with Crippen LogP contribution in [0.2, 0.25) is 0 Å². The van der Waals surface area contributed by atoms with Gasteiger partial charge < -0.3 is 15.1 Å². The van der Waals surface area contributed by atoms with Crippen molar-refractivity contribution in [3.63, 3.8) is 0 Å². The van der Waals surface area contributed by atoms with Crippen molar-refractivity contribution in [1.82, 2.24) is 9.97 Å². The van der Waals surface area contributed by atoms with Crippen molar-refractivity contribution in [1.29, 1.82) is 5.26 Å². The molecule has 4 rings (SSSR count). The Morgan fingerprint density at radius 1 is 1.00 bits per heavy atom. The van der Waals surface area contributed by atoms with Gasteiger partial charge in [-0.3, -0.25) is 9.78 Å². The minimum Gasteiger partial charge on any atom is -0.367 e. The molecule has 0 saturated carbocycles. The quantitative estimate of drug-likeness (QED) is 0.744. The summed E-state index contributed by atoms with van der Waals surface area (Å²) in [5.74, 6) is 0.761. The third kappa shape index (κ3) is 4.33. The lowest BCUT2D eigenvalue weighted by Gasteiger charge is -2.36. The molecule has 1 aromatic carbocycles. The van der Waals surface area contributed by atoms with E-state index in [0.717, 1.165) is 37.7 Å². The highest BCUT2D eigenvalue weighted by Gasteiger charge is 2.19. The third-order valence-corrected chi connectivity index (χ3v) is 4.88. The molecule has 1 saturated heterocycles. The van der Waals surface area contributed by atoms with Crippen LogP contribution in [0, 0.1) is 11.3 Å². The molecule has 1 fully saturated rings. The number of hydrogen-bond acceptors (Lipinski definition) is 6. The molecule has 0 radical (unpaired) electrons. The van der Waals surface area contributed by atoms with Crippen LogP contribution in [0.1, 0.15) is 15.9 Å². The molecule has 0 aliphatic carbocycles. The Morgan fingerprint density at radius 2 is 1.76 bits per heavy atom. The molecular formula is C22H20N6O. The largest absolute Gasteiger partial charge is 0.367 e. The second kappa shape index (κ2) is 8.40. The predicted octanol–water partition coefficient (Wildman–Crippen LogP) is 2.93. The highest BCUT2D eigenvalue weighted by atomic mass is 16.1. The van der Waals surface area contributed by atoms with Gasteiger partial charge in [0.15, 0.2) is 0 Å². The van der Waals surface area contributed by atoms with Crippen LogP contribution in [0.4, 0.5) is 17.2 Å². The number of nitrogens with one attached hydrogen (secondary N) is 1. The van der Waals surface area contributed by atoms with Gasteiger partial charge in [-0.15, -0.1) is 0 Å². The van der Waals surface area contributed by atoms with Gasteiger partial charge in [0.2, 0.25) is 0 Å². The topological polar surface area (TPSA) is 85.1 Å². The molecule has 0 spiro atoms. The number of nitriles is 1. The predicted molar refractivity (Wildman–Crippen MR) is 112 cm³/mol. The Kier molecular flexibility index (Phi) is 5.34. The summed E-state index contributed by atoms with van der Waals surface area (Å²) in [6.45, 7) is 3.38. The number of hydrogen-bond donors (Lipinski definition) is 1. The van der Waals surface area contributed by atoms with Gasteiger partial charge in [-0.05, 0) is 42.5 Å². The summed E-state index contributed by atoms with van der Waals surface area (Å²) in [6, 6.07) is 16.6. The summed E-state index contributed by atoms with van der Waals surface area (Å²) in [7, 11) is 0. The molecule has 3 aromatic rings. The van der Waals surface area contributed by atoms with E-state index in [1.165, 1.54) is 0 Å². The zero-order valence-electron chi connectivity index (χ0n) is 15.8. The van der Waals surface area contributed by atoms with E-state index in [4.69, 9.17) is 5.26 Å². The number of carbonyl (C=O) groups is 1. The second-order valence-electron chi connectivity index (χ2n) is 6.74. The SMILES string of the molecule is N#Cc1ccc(NC(=O)c2cncc(N3CCN(c4ccccn4)CC3)c2)cc1. The number of rotatable bonds is 4. The lowest BCUT2D eigenvalue weighted by Crippen LogP contribution is -2.46. The molecule has 7 heteroatoms. The van der Waals surface area contributed by atoms with E-state index in [0.29, 0.717) is 16.8 Å². The van der Waals surface area contributed by atoms with Crippen LogP contribution < -0.4 is 15.1 Å². The lowest BCUT2D eigenvalue weighted by molar-refractivity contribution is 0.102. The lowest BCUT2D eigenvalue weighted by atomic mass is 10.2. The van der Waals surface area contributed by atoms with Crippen LogP contribution in [-0.4, -0.2) is 42.1 Å². The number of piperazine rings is 1. The standard InChI is InChI=1S/C22H20N6O/c23-14-17-4-6-19(7-5-17)26-22(29)18-13-20(16-24-15-18)27-9-11-28(12-10-27)21-3-1-2-8-25-21/h1-8,13,15-16H,9-12H2,(H,26,29). The maximum Gasteiger partial charge on any atom is 0.257 e. The molecule has 29 heavy (non-hydrogen) atoms. The van der Waals surface area contributed by atoms with E-state index < -0.39 is 0 Å². The smallest absolute Gasteiger partial charge is 0.257 e. The van der Waals surface area contributed by atoms with Gasteiger partial charge in [0.25, 0.3) is 5.91 Å². The first kappa shape index (κ1) is 18.4. The van der Waals surface area contributed by atoms with Gasteiger partial charge in [-0.1, -0.05) is 6.07 Å². The Hall–Kier alpha value is -3.92. The average molecular weight is 384 g/mol. The van der Waals surface area contributed by atoms with Crippen LogP contribution in [0.25, 0.3) is 0 Å². The van der Waals surface area contributed by atoms with E-state index in [2.05, 4.69) is 31.2 Å². The zero-order chi connectivity index (χ0) is 20.1. The second-order valence-corrected chi connectivity index (χ2v) is 6.74. The normalized spacial score (nSPS) is 13.6. The molecule has 7 nitrogen and oxygen atoms in total. The first-order chi connectivity index (χ1) is 14.2.